The number of nitrogens with zero attached hydrogens (tertiary/aromatic N) is 2. The Morgan fingerprint density at radius 3 is 2.65 bits per heavy atom. The third-order valence-electron chi connectivity index (χ3n) is 3.16. The van der Waals surface area contributed by atoms with Crippen LogP contribution in [0.5, 0.6) is 0 Å². The maximum Gasteiger partial charge on any atom is 0.0644 e. The number of benzene rings is 1. The molecule has 0 amide bonds. The lowest BCUT2D eigenvalue weighted by atomic mass is 10.0. The molecule has 2 rings (SSSR count). The highest BCUT2D eigenvalue weighted by atomic mass is 35.5. The molecule has 1 atom stereocenters. The van der Waals surface area contributed by atoms with E-state index in [9.17, 15) is 0 Å². The molecule has 1 aromatic carbocycles. The van der Waals surface area contributed by atoms with E-state index in [-0.39, 0.29) is 6.04 Å². The molecule has 0 fully saturated rings. The van der Waals surface area contributed by atoms with Gasteiger partial charge in [0.2, 0.25) is 0 Å². The highest BCUT2D eigenvalue weighted by Gasteiger charge is 2.17. The van der Waals surface area contributed by atoms with Gasteiger partial charge in [-0.2, -0.15) is 5.10 Å². The largest absolute Gasteiger partial charge is 0.271 e. The van der Waals surface area contributed by atoms with Crippen LogP contribution in [0.4, 0.5) is 0 Å². The van der Waals surface area contributed by atoms with Crippen LogP contribution in [0.2, 0.25) is 10.0 Å². The lowest BCUT2D eigenvalue weighted by Crippen LogP contribution is -2.30. The molecular formula is C14H18Cl2N4. The second-order valence-corrected chi connectivity index (χ2v) is 5.73. The monoisotopic (exact) mass is 312 g/mol. The quantitative estimate of drug-likeness (QED) is 0.656. The van der Waals surface area contributed by atoms with Gasteiger partial charge in [0.1, 0.15) is 0 Å². The van der Waals surface area contributed by atoms with Crippen LogP contribution in [-0.2, 0) is 6.42 Å². The Labute approximate surface area is 128 Å². The minimum absolute atomic E-state index is 0.128. The van der Waals surface area contributed by atoms with Crippen molar-refractivity contribution >= 4 is 23.2 Å². The normalized spacial score (nSPS) is 12.9. The Morgan fingerprint density at radius 2 is 2.05 bits per heavy atom. The van der Waals surface area contributed by atoms with Crippen molar-refractivity contribution in [3.63, 3.8) is 0 Å². The maximum atomic E-state index is 6.24. The van der Waals surface area contributed by atoms with Crippen LogP contribution in [-0.4, -0.2) is 9.78 Å². The third kappa shape index (κ3) is 3.33. The fourth-order valence-corrected chi connectivity index (χ4v) is 2.47. The zero-order valence-corrected chi connectivity index (χ0v) is 13.0. The van der Waals surface area contributed by atoms with Crippen molar-refractivity contribution in [1.29, 1.82) is 0 Å². The molecule has 1 aromatic heterocycles. The lowest BCUT2D eigenvalue weighted by molar-refractivity contribution is 0.507. The fourth-order valence-electron chi connectivity index (χ4n) is 2.03. The molecule has 1 unspecified atom stereocenters. The topological polar surface area (TPSA) is 55.9 Å². The molecule has 0 saturated carbocycles. The minimum Gasteiger partial charge on any atom is -0.271 e. The van der Waals surface area contributed by atoms with Crippen LogP contribution in [0, 0.1) is 0 Å². The van der Waals surface area contributed by atoms with Crippen LogP contribution in [0.3, 0.4) is 0 Å². The van der Waals surface area contributed by atoms with E-state index in [1.54, 1.807) is 6.07 Å². The van der Waals surface area contributed by atoms with E-state index in [2.05, 4.69) is 24.4 Å². The Hall–Kier alpha value is -1.07. The summed E-state index contributed by atoms with van der Waals surface area (Å²) in [7, 11) is 0. The van der Waals surface area contributed by atoms with Gasteiger partial charge in [0.05, 0.1) is 21.8 Å². The lowest BCUT2D eigenvalue weighted by Gasteiger charge is -2.17. The highest BCUT2D eigenvalue weighted by Crippen LogP contribution is 2.31. The summed E-state index contributed by atoms with van der Waals surface area (Å²) in [5, 5.41) is 5.57. The smallest absolute Gasteiger partial charge is 0.0644 e. The van der Waals surface area contributed by atoms with Gasteiger partial charge < -0.3 is 0 Å². The summed E-state index contributed by atoms with van der Waals surface area (Å²) < 4.78 is 1.92. The van der Waals surface area contributed by atoms with Crippen LogP contribution < -0.4 is 11.3 Å². The Bertz CT molecular complexity index is 580. The number of nitrogens with two attached hydrogens (primary N) is 1. The van der Waals surface area contributed by atoms with Gasteiger partial charge in [-0.25, -0.2) is 0 Å². The molecule has 1 heterocycles. The number of hydrogen-bond donors (Lipinski definition) is 2. The van der Waals surface area contributed by atoms with Crippen molar-refractivity contribution < 1.29 is 0 Å². The van der Waals surface area contributed by atoms with Gasteiger partial charge in [0, 0.05) is 18.7 Å². The molecule has 0 aliphatic rings. The van der Waals surface area contributed by atoms with Crippen molar-refractivity contribution in [2.24, 2.45) is 5.84 Å². The van der Waals surface area contributed by atoms with Gasteiger partial charge in [0.15, 0.2) is 0 Å². The molecule has 108 valence electrons. The van der Waals surface area contributed by atoms with Gasteiger partial charge in [-0.15, -0.1) is 0 Å². The second-order valence-electron chi connectivity index (χ2n) is 4.95. The minimum atomic E-state index is -0.128. The van der Waals surface area contributed by atoms with Crippen LogP contribution in [0.15, 0.2) is 30.5 Å². The maximum absolute atomic E-state index is 6.24. The van der Waals surface area contributed by atoms with Crippen molar-refractivity contribution in [1.82, 2.24) is 15.2 Å². The molecule has 0 spiro atoms. The third-order valence-corrected chi connectivity index (χ3v) is 4.00. The zero-order chi connectivity index (χ0) is 14.7. The first-order valence-electron chi connectivity index (χ1n) is 6.47. The number of hydrazine groups is 1. The number of halogens is 2. The highest BCUT2D eigenvalue weighted by molar-refractivity contribution is 6.42. The predicted octanol–water partition coefficient (Wildman–Crippen LogP) is 3.52. The number of rotatable bonds is 5. The molecule has 0 bridgehead atoms. The van der Waals surface area contributed by atoms with Crippen LogP contribution in [0.25, 0.3) is 0 Å². The Kier molecular flexibility index (Phi) is 5.05. The summed E-state index contributed by atoms with van der Waals surface area (Å²) in [5.74, 6) is 5.65. The number of hydrogen-bond acceptors (Lipinski definition) is 3. The fraction of sp³-hybridized carbons (Fsp3) is 0.357. The van der Waals surface area contributed by atoms with E-state index in [4.69, 9.17) is 29.0 Å². The van der Waals surface area contributed by atoms with Gasteiger partial charge in [0.25, 0.3) is 0 Å². The molecule has 0 radical (unpaired) electrons. The number of nitrogens with one attached hydrogen (secondary N) is 1. The van der Waals surface area contributed by atoms with Gasteiger partial charge >= 0.3 is 0 Å². The standard InChI is InChI=1S/C14H18Cl2N4/c1-9(2)20-7-6-10(19-20)8-13(18-17)11-4-3-5-12(15)14(11)16/h3-7,9,13,18H,8,17H2,1-2H3. The van der Waals surface area contributed by atoms with Gasteiger partial charge in [-0.3, -0.25) is 16.0 Å². The van der Waals surface area contributed by atoms with E-state index in [1.807, 2.05) is 29.1 Å². The van der Waals surface area contributed by atoms with Crippen molar-refractivity contribution in [3.05, 3.63) is 51.8 Å². The first kappa shape index (κ1) is 15.3. The van der Waals surface area contributed by atoms with E-state index >= 15 is 0 Å². The average Bonchev–Trinajstić information content (AvgIpc) is 2.88. The number of aromatic nitrogens is 2. The summed E-state index contributed by atoms with van der Waals surface area (Å²) in [6, 6.07) is 7.73. The SMILES string of the molecule is CC(C)n1ccc(CC(NN)c2cccc(Cl)c2Cl)n1. The average molecular weight is 313 g/mol. The second kappa shape index (κ2) is 6.59. The molecule has 3 N–H and O–H groups in total. The summed E-state index contributed by atoms with van der Waals surface area (Å²) in [4.78, 5) is 0. The molecule has 2 aromatic rings. The Morgan fingerprint density at radius 1 is 1.30 bits per heavy atom. The molecule has 0 aliphatic heterocycles. The Balaban J connectivity index is 2.22. The first-order valence-corrected chi connectivity index (χ1v) is 7.22. The van der Waals surface area contributed by atoms with E-state index in [0.717, 1.165) is 11.3 Å². The summed E-state index contributed by atoms with van der Waals surface area (Å²) in [5.41, 5.74) is 4.61. The van der Waals surface area contributed by atoms with E-state index in [0.29, 0.717) is 22.5 Å². The van der Waals surface area contributed by atoms with Gasteiger partial charge in [-0.05, 0) is 31.5 Å². The van der Waals surface area contributed by atoms with Gasteiger partial charge in [-0.1, -0.05) is 35.3 Å². The van der Waals surface area contributed by atoms with Crippen LogP contribution >= 0.6 is 23.2 Å². The zero-order valence-electron chi connectivity index (χ0n) is 11.5. The first-order chi connectivity index (χ1) is 9.52. The van der Waals surface area contributed by atoms with E-state index in [1.165, 1.54) is 0 Å². The van der Waals surface area contributed by atoms with Crippen molar-refractivity contribution in [2.45, 2.75) is 32.4 Å². The molecule has 0 saturated heterocycles. The van der Waals surface area contributed by atoms with Crippen LogP contribution in [0.1, 0.15) is 37.2 Å². The van der Waals surface area contributed by atoms with Crippen molar-refractivity contribution in [3.8, 4) is 0 Å². The summed E-state index contributed by atoms with van der Waals surface area (Å²) >= 11 is 12.3. The molecule has 20 heavy (non-hydrogen) atoms. The summed E-state index contributed by atoms with van der Waals surface area (Å²) in [6.45, 7) is 4.17. The summed E-state index contributed by atoms with van der Waals surface area (Å²) in [6.07, 6.45) is 2.61. The van der Waals surface area contributed by atoms with Crippen molar-refractivity contribution in [2.75, 3.05) is 0 Å². The predicted molar refractivity (Wildman–Crippen MR) is 82.8 cm³/mol. The molecular weight excluding hydrogens is 295 g/mol. The molecule has 0 aliphatic carbocycles. The van der Waals surface area contributed by atoms with E-state index < -0.39 is 0 Å². The molecule has 4 nitrogen and oxygen atoms in total. The molecule has 6 heteroatoms.